The SMILES string of the molecule is O=C1C2=C(O2)C2(Oc3cccc4cccc(c34)O2)C23OC12C(O)CCC3O. The van der Waals surface area contributed by atoms with Crippen molar-refractivity contribution in [2.75, 3.05) is 0 Å². The summed E-state index contributed by atoms with van der Waals surface area (Å²) < 4.78 is 24.1. The zero-order valence-electron chi connectivity index (χ0n) is 14.0. The molecule has 5 aliphatic rings. The summed E-state index contributed by atoms with van der Waals surface area (Å²) in [4.78, 5) is 12.9. The summed E-state index contributed by atoms with van der Waals surface area (Å²) in [6.07, 6.45) is -1.60. The Morgan fingerprint density at radius 1 is 0.963 bits per heavy atom. The normalized spacial score (nSPS) is 39.0. The van der Waals surface area contributed by atoms with Gasteiger partial charge in [0.25, 0.3) is 0 Å². The average molecular weight is 366 g/mol. The van der Waals surface area contributed by atoms with Crippen molar-refractivity contribution >= 4 is 16.6 Å². The Morgan fingerprint density at radius 2 is 1.63 bits per heavy atom. The maximum Gasteiger partial charge on any atom is 0.351 e. The molecule has 136 valence electrons. The number of hydrogen-bond donors (Lipinski definition) is 2. The van der Waals surface area contributed by atoms with Crippen LogP contribution in [0.5, 0.6) is 11.5 Å². The minimum absolute atomic E-state index is 0.0998. The van der Waals surface area contributed by atoms with E-state index in [1.807, 2.05) is 36.4 Å². The van der Waals surface area contributed by atoms with E-state index in [0.717, 1.165) is 10.8 Å². The molecule has 3 heterocycles. The van der Waals surface area contributed by atoms with Crippen LogP contribution in [0.4, 0.5) is 0 Å². The minimum atomic E-state index is -1.64. The first kappa shape index (κ1) is 14.4. The molecule has 3 aliphatic heterocycles. The molecule has 2 aromatic carbocycles. The second-order valence-electron chi connectivity index (χ2n) is 7.70. The Hall–Kier alpha value is -2.61. The van der Waals surface area contributed by atoms with E-state index in [4.69, 9.17) is 18.9 Å². The molecule has 7 heteroatoms. The second kappa shape index (κ2) is 3.96. The number of ketones is 1. The third kappa shape index (κ3) is 1.25. The van der Waals surface area contributed by atoms with Crippen LogP contribution in [0.2, 0.25) is 0 Å². The molecule has 7 nitrogen and oxygen atoms in total. The second-order valence-corrected chi connectivity index (χ2v) is 7.70. The molecular formula is C20H14O7. The Kier molecular flexibility index (Phi) is 2.12. The van der Waals surface area contributed by atoms with Crippen molar-refractivity contribution in [3.8, 4) is 11.5 Å². The van der Waals surface area contributed by atoms with Crippen molar-refractivity contribution in [3.63, 3.8) is 0 Å². The van der Waals surface area contributed by atoms with Gasteiger partial charge in [-0.3, -0.25) is 4.79 Å². The fourth-order valence-corrected chi connectivity index (χ4v) is 5.28. The van der Waals surface area contributed by atoms with Gasteiger partial charge in [-0.1, -0.05) is 24.3 Å². The van der Waals surface area contributed by atoms with Gasteiger partial charge >= 0.3 is 5.79 Å². The molecule has 1 saturated heterocycles. The molecular weight excluding hydrogens is 352 g/mol. The number of rotatable bonds is 0. The van der Waals surface area contributed by atoms with Gasteiger partial charge in [-0.25, -0.2) is 0 Å². The summed E-state index contributed by atoms with van der Waals surface area (Å²) in [5.41, 5.74) is -3.14. The molecule has 2 aromatic rings. The largest absolute Gasteiger partial charge is 0.442 e. The third-order valence-electron chi connectivity index (χ3n) is 6.52. The van der Waals surface area contributed by atoms with Gasteiger partial charge in [0, 0.05) is 0 Å². The number of fused-ring (bicyclic) bond motifs is 1. The Morgan fingerprint density at radius 3 is 2.33 bits per heavy atom. The van der Waals surface area contributed by atoms with E-state index in [2.05, 4.69) is 0 Å². The summed E-state index contributed by atoms with van der Waals surface area (Å²) in [5.74, 6) is -0.657. The molecule has 2 aliphatic carbocycles. The number of Topliss-reactive ketones (excluding diaryl/α,β-unsaturated/α-hetero) is 1. The van der Waals surface area contributed by atoms with Crippen LogP contribution in [-0.2, 0) is 14.3 Å². The average Bonchev–Trinajstić information content (AvgIpc) is 3.57. The van der Waals surface area contributed by atoms with E-state index >= 15 is 0 Å². The molecule has 27 heavy (non-hydrogen) atoms. The molecule has 4 unspecified atom stereocenters. The van der Waals surface area contributed by atoms with Crippen LogP contribution in [-0.4, -0.2) is 45.2 Å². The standard InChI is InChI=1S/C20H14O7/c21-12-7-8-13(22)19-18(12,27-19)16(23)15-17(24-15)20(19)25-10-5-1-3-9-4-2-6-11(26-20)14(9)10/h1-6,12-13,21-22H,7-8H2. The van der Waals surface area contributed by atoms with Crippen molar-refractivity contribution in [2.45, 2.75) is 42.0 Å². The maximum absolute atomic E-state index is 12.9. The van der Waals surface area contributed by atoms with Crippen LogP contribution < -0.4 is 9.47 Å². The maximum atomic E-state index is 12.9. The fourth-order valence-electron chi connectivity index (χ4n) is 5.28. The van der Waals surface area contributed by atoms with Crippen molar-refractivity contribution in [3.05, 3.63) is 47.9 Å². The number of ether oxygens (including phenoxy) is 4. The highest BCUT2D eigenvalue weighted by Crippen LogP contribution is 2.73. The van der Waals surface area contributed by atoms with Crippen molar-refractivity contribution in [1.29, 1.82) is 0 Å². The molecule has 0 radical (unpaired) electrons. The highest BCUT2D eigenvalue weighted by Gasteiger charge is 2.98. The van der Waals surface area contributed by atoms with Crippen molar-refractivity contribution < 1.29 is 34.0 Å². The monoisotopic (exact) mass is 366 g/mol. The Balaban J connectivity index is 1.52. The topological polar surface area (TPSA) is 101 Å². The van der Waals surface area contributed by atoms with Crippen LogP contribution in [0.25, 0.3) is 10.8 Å². The van der Waals surface area contributed by atoms with Crippen LogP contribution >= 0.6 is 0 Å². The first-order valence-electron chi connectivity index (χ1n) is 8.99. The molecule has 7 rings (SSSR count). The summed E-state index contributed by atoms with van der Waals surface area (Å²) in [5, 5.41) is 23.3. The molecule has 0 aromatic heterocycles. The molecule has 0 bridgehead atoms. The number of aliphatic hydroxyl groups is 2. The zero-order valence-corrected chi connectivity index (χ0v) is 14.0. The fraction of sp³-hybridized carbons (Fsp3) is 0.350. The molecule has 0 amide bonds. The van der Waals surface area contributed by atoms with E-state index in [9.17, 15) is 15.0 Å². The van der Waals surface area contributed by atoms with Gasteiger partial charge in [-0.15, -0.1) is 0 Å². The summed E-state index contributed by atoms with van der Waals surface area (Å²) in [6.45, 7) is 0. The van der Waals surface area contributed by atoms with Gasteiger partial charge < -0.3 is 29.2 Å². The van der Waals surface area contributed by atoms with E-state index in [-0.39, 0.29) is 24.4 Å². The molecule has 1 spiro atoms. The lowest BCUT2D eigenvalue weighted by atomic mass is 9.66. The predicted molar refractivity (Wildman–Crippen MR) is 88.8 cm³/mol. The first-order chi connectivity index (χ1) is 13.1. The Bertz CT molecular complexity index is 1080. The number of hydrogen-bond acceptors (Lipinski definition) is 7. The highest BCUT2D eigenvalue weighted by atomic mass is 16.8. The molecule has 2 N–H and O–H groups in total. The van der Waals surface area contributed by atoms with Gasteiger partial charge in [0.2, 0.25) is 28.5 Å². The Labute approximate surface area is 152 Å². The van der Waals surface area contributed by atoms with Gasteiger partial charge in [-0.2, -0.15) is 0 Å². The highest BCUT2D eigenvalue weighted by molar-refractivity contribution is 6.10. The molecule has 1 saturated carbocycles. The lowest BCUT2D eigenvalue weighted by Crippen LogP contribution is -2.69. The van der Waals surface area contributed by atoms with Crippen LogP contribution in [0.3, 0.4) is 0 Å². The summed E-state index contributed by atoms with van der Waals surface area (Å²) in [6, 6.07) is 11.2. The van der Waals surface area contributed by atoms with Crippen LogP contribution in [0.1, 0.15) is 12.8 Å². The zero-order chi connectivity index (χ0) is 18.2. The molecule has 4 atom stereocenters. The van der Waals surface area contributed by atoms with Gasteiger partial charge in [-0.05, 0) is 30.4 Å². The van der Waals surface area contributed by atoms with Crippen LogP contribution in [0, 0.1) is 0 Å². The van der Waals surface area contributed by atoms with Gasteiger partial charge in [0.1, 0.15) is 11.5 Å². The van der Waals surface area contributed by atoms with E-state index in [1.54, 1.807) is 0 Å². The number of carbonyl (C=O) groups is 1. The van der Waals surface area contributed by atoms with Gasteiger partial charge in [0.05, 0.1) is 17.6 Å². The van der Waals surface area contributed by atoms with Crippen LogP contribution in [0.15, 0.2) is 47.9 Å². The number of epoxide rings is 1. The van der Waals surface area contributed by atoms with Crippen molar-refractivity contribution in [2.24, 2.45) is 0 Å². The lowest BCUT2D eigenvalue weighted by Gasteiger charge is -2.44. The number of aliphatic hydroxyl groups excluding tert-OH is 2. The quantitative estimate of drug-likeness (QED) is 0.675. The smallest absolute Gasteiger partial charge is 0.351 e. The summed E-state index contributed by atoms with van der Waals surface area (Å²) >= 11 is 0. The lowest BCUT2D eigenvalue weighted by molar-refractivity contribution is -0.184. The number of carbonyl (C=O) groups excluding carboxylic acids is 1. The van der Waals surface area contributed by atoms with E-state index in [1.165, 1.54) is 0 Å². The third-order valence-corrected chi connectivity index (χ3v) is 6.52. The predicted octanol–water partition coefficient (Wildman–Crippen LogP) is 1.16. The van der Waals surface area contributed by atoms with Crippen molar-refractivity contribution in [1.82, 2.24) is 0 Å². The summed E-state index contributed by atoms with van der Waals surface area (Å²) in [7, 11) is 0. The minimum Gasteiger partial charge on any atom is -0.442 e. The number of benzene rings is 2. The van der Waals surface area contributed by atoms with E-state index in [0.29, 0.717) is 11.5 Å². The van der Waals surface area contributed by atoms with Gasteiger partial charge in [0.15, 0.2) is 0 Å². The van der Waals surface area contributed by atoms with E-state index < -0.39 is 35.0 Å². The molecule has 2 fully saturated rings. The first-order valence-corrected chi connectivity index (χ1v) is 8.99.